The molecule has 1 amide bonds. The van der Waals surface area contributed by atoms with Crippen molar-refractivity contribution in [2.24, 2.45) is 5.92 Å². The number of sulfonamides is 1. The fraction of sp³-hybridized carbons (Fsp3) is 0.524. The molecule has 1 aromatic carbocycles. The minimum absolute atomic E-state index is 0.113. The van der Waals surface area contributed by atoms with E-state index in [1.807, 2.05) is 0 Å². The molecular weight excluding hydrogens is 426 g/mol. The third-order valence-corrected chi connectivity index (χ3v) is 6.13. The van der Waals surface area contributed by atoms with Gasteiger partial charge in [-0.05, 0) is 62.8 Å². The van der Waals surface area contributed by atoms with Crippen LogP contribution in [0.15, 0.2) is 23.2 Å². The quantitative estimate of drug-likeness (QED) is 0.654. The van der Waals surface area contributed by atoms with Gasteiger partial charge in [0, 0.05) is 26.2 Å². The van der Waals surface area contributed by atoms with E-state index in [-0.39, 0.29) is 10.0 Å². The van der Waals surface area contributed by atoms with E-state index in [2.05, 4.69) is 15.0 Å². The topological polar surface area (TPSA) is 97.4 Å². The number of rotatable bonds is 5. The first-order chi connectivity index (χ1) is 14.6. The molecule has 1 atom stereocenters. The van der Waals surface area contributed by atoms with Gasteiger partial charge < -0.3 is 10.1 Å². The van der Waals surface area contributed by atoms with Gasteiger partial charge >= 0.3 is 6.09 Å². The predicted molar refractivity (Wildman–Crippen MR) is 117 cm³/mol. The minimum Gasteiger partial charge on any atom is -0.444 e. The highest BCUT2D eigenvalue weighted by molar-refractivity contribution is 7.89. The Balaban J connectivity index is 2.11. The van der Waals surface area contributed by atoms with Crippen molar-refractivity contribution in [2.75, 3.05) is 6.50 Å². The number of fused-ring (bicyclic) bond motifs is 3. The summed E-state index contributed by atoms with van der Waals surface area (Å²) in [7, 11) is -4.26. The summed E-state index contributed by atoms with van der Waals surface area (Å²) in [5.74, 6) is -0.593. The van der Waals surface area contributed by atoms with Crippen LogP contribution < -0.4 is 10.0 Å². The molecule has 1 aliphatic rings. The molecule has 0 aliphatic heterocycles. The minimum atomic E-state index is -4.26. The molecule has 30 heavy (non-hydrogen) atoms. The van der Waals surface area contributed by atoms with Crippen LogP contribution >= 0.6 is 11.6 Å². The van der Waals surface area contributed by atoms with Crippen LogP contribution in [0.2, 0.25) is 5.15 Å². The number of aryl methyl sites for hydroxylation is 1. The summed E-state index contributed by atoms with van der Waals surface area (Å²) < 4.78 is 50.2. The number of nitrogens with one attached hydrogen (secondary N) is 2. The first-order valence-corrected chi connectivity index (χ1v) is 11.6. The largest absolute Gasteiger partial charge is 0.444 e. The molecule has 0 spiro atoms. The number of hydrogen-bond acceptors (Lipinski definition) is 5. The fourth-order valence-corrected chi connectivity index (χ4v) is 4.84. The Hall–Kier alpha value is -1.90. The van der Waals surface area contributed by atoms with E-state index in [0.717, 1.165) is 5.56 Å². The van der Waals surface area contributed by atoms with Gasteiger partial charge in [0.25, 0.3) is 0 Å². The van der Waals surface area contributed by atoms with Crippen LogP contribution in [0.3, 0.4) is 0 Å². The van der Waals surface area contributed by atoms with Gasteiger partial charge in [-0.2, -0.15) is 0 Å². The lowest BCUT2D eigenvalue weighted by molar-refractivity contribution is 0.0503. The molecule has 1 aliphatic carbocycles. The Morgan fingerprint density at radius 2 is 2.07 bits per heavy atom. The molecule has 1 heterocycles. The van der Waals surface area contributed by atoms with Crippen LogP contribution in [-0.2, 0) is 21.2 Å². The van der Waals surface area contributed by atoms with Crippen molar-refractivity contribution in [3.8, 4) is 0 Å². The molecule has 0 fully saturated rings. The second kappa shape index (κ2) is 8.32. The molecule has 2 N–H and O–H groups in total. The van der Waals surface area contributed by atoms with Crippen molar-refractivity contribution >= 4 is 38.5 Å². The molecule has 0 saturated carbocycles. The zero-order valence-electron chi connectivity index (χ0n) is 19.7. The maximum absolute atomic E-state index is 13.3. The van der Waals surface area contributed by atoms with Crippen LogP contribution in [0, 0.1) is 5.92 Å². The van der Waals surface area contributed by atoms with Gasteiger partial charge in [0.2, 0.25) is 10.0 Å². The monoisotopic (exact) mass is 455 g/mol. The fourth-order valence-electron chi connectivity index (χ4n) is 3.44. The number of amides is 1. The average molecular weight is 456 g/mol. The highest BCUT2D eigenvalue weighted by Gasteiger charge is 2.31. The van der Waals surface area contributed by atoms with E-state index in [1.165, 1.54) is 18.3 Å². The molecule has 1 aromatic heterocycles. The van der Waals surface area contributed by atoms with Crippen LogP contribution in [-0.4, -0.2) is 31.6 Å². The van der Waals surface area contributed by atoms with Gasteiger partial charge in [-0.3, -0.25) is 0 Å². The number of nitrogens with zero attached hydrogens (tertiary/aromatic N) is 1. The zero-order valence-corrected chi connectivity index (χ0v) is 19.2. The summed E-state index contributed by atoms with van der Waals surface area (Å²) in [6, 6.07) is 2.50. The third-order valence-electron chi connectivity index (χ3n) is 4.62. The summed E-state index contributed by atoms with van der Waals surface area (Å²) in [5.41, 5.74) is 0.838. The van der Waals surface area contributed by atoms with Crippen LogP contribution in [0.4, 0.5) is 4.79 Å². The Kier molecular flexibility index (Phi) is 5.56. The predicted octanol–water partition coefficient (Wildman–Crippen LogP) is 4.33. The lowest BCUT2D eigenvalue weighted by atomic mass is 10.0. The highest BCUT2D eigenvalue weighted by atomic mass is 35.5. The Labute approximate surface area is 185 Å². The zero-order chi connectivity index (χ0) is 24.1. The van der Waals surface area contributed by atoms with Gasteiger partial charge in [-0.15, -0.1) is 0 Å². The van der Waals surface area contributed by atoms with Crippen molar-refractivity contribution in [1.82, 2.24) is 15.0 Å². The summed E-state index contributed by atoms with van der Waals surface area (Å²) in [5, 5.41) is 3.90. The smallest absolute Gasteiger partial charge is 0.408 e. The molecule has 2 aromatic rings. The van der Waals surface area contributed by atoms with E-state index in [4.69, 9.17) is 19.1 Å². The number of benzene rings is 1. The molecule has 3 rings (SSSR count). The number of pyridine rings is 1. The summed E-state index contributed by atoms with van der Waals surface area (Å²) in [4.78, 5) is 16.3. The van der Waals surface area contributed by atoms with E-state index >= 15 is 0 Å². The van der Waals surface area contributed by atoms with Gasteiger partial charge in [-0.1, -0.05) is 25.4 Å². The number of aromatic nitrogens is 1. The summed E-state index contributed by atoms with van der Waals surface area (Å²) in [6.45, 7) is 6.30. The Morgan fingerprint density at radius 3 is 2.70 bits per heavy atom. The molecular formula is C21H28ClN3O4S. The highest BCUT2D eigenvalue weighted by Crippen LogP contribution is 2.39. The molecule has 164 valence electrons. The van der Waals surface area contributed by atoms with Crippen molar-refractivity contribution < 1.29 is 20.7 Å². The Bertz CT molecular complexity index is 1160. The van der Waals surface area contributed by atoms with Crippen molar-refractivity contribution in [2.45, 2.75) is 64.0 Å². The number of ether oxygens (including phenoxy) is 1. The number of alkyl carbamates (subject to hydrolysis) is 1. The second-order valence-electron chi connectivity index (χ2n) is 8.64. The number of carbonyl (C=O) groups excluding carboxylic acids is 1. The van der Waals surface area contributed by atoms with Crippen LogP contribution in [0.1, 0.15) is 60.9 Å². The van der Waals surface area contributed by atoms with Crippen molar-refractivity contribution in [1.29, 1.82) is 0 Å². The first-order valence-electron chi connectivity index (χ1n) is 10.8. The summed E-state index contributed by atoms with van der Waals surface area (Å²) >= 11 is 6.06. The van der Waals surface area contributed by atoms with Gasteiger partial charge in [-0.25, -0.2) is 22.9 Å². The van der Waals surface area contributed by atoms with Crippen molar-refractivity contribution in [3.63, 3.8) is 0 Å². The lowest BCUT2D eigenvalue weighted by Crippen LogP contribution is -2.34. The number of halogens is 1. The summed E-state index contributed by atoms with van der Waals surface area (Å²) in [6.07, 6.45) is 2.10. The number of hydrogen-bond donors (Lipinski definition) is 2. The molecule has 0 bridgehead atoms. The van der Waals surface area contributed by atoms with E-state index in [0.29, 0.717) is 29.2 Å². The molecule has 0 saturated heterocycles. The van der Waals surface area contributed by atoms with Crippen molar-refractivity contribution in [3.05, 3.63) is 34.6 Å². The lowest BCUT2D eigenvalue weighted by Gasteiger charge is -2.22. The molecule has 0 radical (unpaired) electrons. The Morgan fingerprint density at radius 1 is 1.37 bits per heavy atom. The SMILES string of the molecule is [2H]C([2H])(NS(=O)(=O)c1cc2c(c3cnc(Cl)cc13)CCC2NC(=O)OC(C)(C)C)C(C)C. The van der Waals surface area contributed by atoms with Gasteiger partial charge in [0.05, 0.1) is 10.9 Å². The molecule has 7 nitrogen and oxygen atoms in total. The van der Waals surface area contributed by atoms with Crippen LogP contribution in [0.5, 0.6) is 0 Å². The van der Waals surface area contributed by atoms with E-state index < -0.39 is 40.2 Å². The normalized spacial score (nSPS) is 18.2. The average Bonchev–Trinajstić information content (AvgIpc) is 3.00. The van der Waals surface area contributed by atoms with Gasteiger partial charge in [0.1, 0.15) is 10.8 Å². The third kappa shape index (κ3) is 5.04. The molecule has 1 unspecified atom stereocenters. The maximum atomic E-state index is 13.3. The number of carbonyl (C=O) groups is 1. The first kappa shape index (κ1) is 20.0. The maximum Gasteiger partial charge on any atom is 0.408 e. The standard InChI is InChI=1S/C21H28ClN3O4S/c1-12(2)10-24-30(27,28)18-8-14-13(16-11-23-19(22)9-15(16)18)6-7-17(14)25-20(26)29-21(3,4)5/h8-9,11-12,17,24H,6-7,10H2,1-5H3,(H,25,26)/i10D2. The van der Waals surface area contributed by atoms with E-state index in [1.54, 1.807) is 34.6 Å². The van der Waals surface area contributed by atoms with E-state index in [9.17, 15) is 13.2 Å². The second-order valence-corrected chi connectivity index (χ2v) is 10.7. The van der Waals surface area contributed by atoms with Gasteiger partial charge in [0.15, 0.2) is 0 Å². The molecule has 9 heteroatoms. The van der Waals surface area contributed by atoms with Crippen LogP contribution in [0.25, 0.3) is 10.8 Å².